The Hall–Kier alpha value is -2.68. The topological polar surface area (TPSA) is 90.1 Å². The molecule has 3 heterocycles. The number of carbonyl (C=O) groups is 1. The van der Waals surface area contributed by atoms with E-state index in [4.69, 9.17) is 23.2 Å². The summed E-state index contributed by atoms with van der Waals surface area (Å²) in [4.78, 5) is 34.8. The largest absolute Gasteiger partial charge is 0.374 e. The first-order valence-corrected chi connectivity index (χ1v) is 12.5. The van der Waals surface area contributed by atoms with E-state index in [1.807, 2.05) is 13.0 Å². The third-order valence-electron chi connectivity index (χ3n) is 6.93. The minimum Gasteiger partial charge on any atom is -0.374 e. The summed E-state index contributed by atoms with van der Waals surface area (Å²) < 4.78 is 14.8. The Morgan fingerprint density at radius 2 is 2.11 bits per heavy atom. The number of anilines is 1. The maximum absolute atomic E-state index is 14.8. The fourth-order valence-electron chi connectivity index (χ4n) is 5.11. The third-order valence-corrected chi connectivity index (χ3v) is 7.46. The smallest absolute Gasteiger partial charge is 0.258 e. The maximum atomic E-state index is 14.8. The molecule has 0 saturated carbocycles. The molecule has 2 aliphatic heterocycles. The molecule has 0 aliphatic carbocycles. The monoisotopic (exact) mass is 517 g/mol. The molecule has 1 unspecified atom stereocenters. The van der Waals surface area contributed by atoms with Crippen molar-refractivity contribution < 1.29 is 9.18 Å². The van der Waals surface area contributed by atoms with Crippen molar-refractivity contribution in [3.8, 4) is 0 Å². The van der Waals surface area contributed by atoms with Crippen LogP contribution in [-0.4, -0.2) is 47.0 Å². The third kappa shape index (κ3) is 4.75. The number of nitrogens with zero attached hydrogens (tertiary/aromatic N) is 2. The number of aromatic nitrogens is 2. The van der Waals surface area contributed by atoms with Gasteiger partial charge in [-0.3, -0.25) is 9.59 Å². The van der Waals surface area contributed by atoms with Gasteiger partial charge in [0.2, 0.25) is 5.91 Å². The molecule has 1 saturated heterocycles. The van der Waals surface area contributed by atoms with Gasteiger partial charge in [0.25, 0.3) is 5.56 Å². The Morgan fingerprint density at radius 3 is 2.89 bits per heavy atom. The van der Waals surface area contributed by atoms with Gasteiger partial charge in [-0.25, -0.2) is 9.37 Å². The summed E-state index contributed by atoms with van der Waals surface area (Å²) in [7, 11) is 0. The fraction of sp³-hybridized carbons (Fsp3) is 0.400. The summed E-state index contributed by atoms with van der Waals surface area (Å²) in [6.07, 6.45) is 2.57. The number of nitrogens with one attached hydrogen (secondary N) is 3. The van der Waals surface area contributed by atoms with E-state index in [1.165, 1.54) is 12.1 Å². The molecule has 1 aromatic heterocycles. The second-order valence-corrected chi connectivity index (χ2v) is 10.0. The number of H-pyrrole nitrogens is 1. The summed E-state index contributed by atoms with van der Waals surface area (Å²) in [5.41, 5.74) is 2.09. The number of hydrogen-bond acceptors (Lipinski definition) is 5. The minimum atomic E-state index is -0.612. The van der Waals surface area contributed by atoms with E-state index in [-0.39, 0.29) is 41.0 Å². The predicted octanol–water partition coefficient (Wildman–Crippen LogP) is 4.39. The molecular weight excluding hydrogens is 492 g/mol. The number of fused-ring (bicyclic) bond motifs is 2. The molecule has 3 N–H and O–H groups in total. The van der Waals surface area contributed by atoms with Crippen LogP contribution in [0, 0.1) is 5.82 Å². The molecule has 0 spiro atoms. The van der Waals surface area contributed by atoms with Crippen molar-refractivity contribution in [2.45, 2.75) is 38.1 Å². The molecule has 2 atom stereocenters. The molecule has 35 heavy (non-hydrogen) atoms. The molecule has 3 aromatic rings. The van der Waals surface area contributed by atoms with Crippen LogP contribution >= 0.6 is 23.2 Å². The number of benzene rings is 2. The van der Waals surface area contributed by atoms with Gasteiger partial charge in [-0.2, -0.15) is 0 Å². The van der Waals surface area contributed by atoms with Crippen LogP contribution in [0.25, 0.3) is 10.9 Å². The van der Waals surface area contributed by atoms with Crippen molar-refractivity contribution in [3.05, 3.63) is 67.4 Å². The minimum absolute atomic E-state index is 0.101. The zero-order valence-corrected chi connectivity index (χ0v) is 20.8. The van der Waals surface area contributed by atoms with Crippen molar-refractivity contribution in [2.75, 3.05) is 31.5 Å². The van der Waals surface area contributed by atoms with Gasteiger partial charge in [-0.15, -0.1) is 0 Å². The Morgan fingerprint density at radius 1 is 1.29 bits per heavy atom. The van der Waals surface area contributed by atoms with Gasteiger partial charge in [0, 0.05) is 29.1 Å². The number of carbonyl (C=O) groups excluding carboxylic acids is 1. The molecule has 10 heteroatoms. The molecular formula is C25H26Cl2FN5O2. The Kier molecular flexibility index (Phi) is 6.70. The Balaban J connectivity index is 1.35. The first kappa shape index (κ1) is 24.0. The average Bonchev–Trinajstić information content (AvgIpc) is 2.83. The van der Waals surface area contributed by atoms with E-state index in [0.717, 1.165) is 37.1 Å². The molecule has 2 aliphatic rings. The standard InChI is InChI=1S/C25H26Cl2FN5O2/c1-13-23-14(7-16(26)8-18(23)27)4-6-33(13)22(34)12-30-21-10-20-17(9-19(21)28)25(35)32-24(31-20)15-3-2-5-29-11-15/h7-10,13,15,29-30H,2-6,11-12H2,1H3,(H,31,32,35)/t13?,15-/m0/s1. The van der Waals surface area contributed by atoms with E-state index in [0.29, 0.717) is 34.4 Å². The van der Waals surface area contributed by atoms with Gasteiger partial charge in [-0.1, -0.05) is 23.2 Å². The lowest BCUT2D eigenvalue weighted by atomic mass is 9.93. The Labute approximate surface area is 212 Å². The van der Waals surface area contributed by atoms with Gasteiger partial charge in [-0.05, 0) is 68.1 Å². The van der Waals surface area contributed by atoms with E-state index in [2.05, 4.69) is 20.6 Å². The fourth-order valence-corrected chi connectivity index (χ4v) is 5.80. The lowest BCUT2D eigenvalue weighted by Crippen LogP contribution is -2.42. The van der Waals surface area contributed by atoms with Crippen LogP contribution < -0.4 is 16.2 Å². The highest BCUT2D eigenvalue weighted by atomic mass is 35.5. The number of piperidine rings is 1. The van der Waals surface area contributed by atoms with Crippen LogP contribution in [0.2, 0.25) is 10.0 Å². The van der Waals surface area contributed by atoms with Gasteiger partial charge >= 0.3 is 0 Å². The van der Waals surface area contributed by atoms with Gasteiger partial charge in [0.05, 0.1) is 29.2 Å². The number of amides is 1. The molecule has 1 fully saturated rings. The van der Waals surface area contributed by atoms with Gasteiger partial charge in [0.1, 0.15) is 11.6 Å². The van der Waals surface area contributed by atoms with Crippen molar-refractivity contribution >= 4 is 45.7 Å². The second-order valence-electron chi connectivity index (χ2n) is 9.17. The van der Waals surface area contributed by atoms with Crippen LogP contribution in [0.3, 0.4) is 0 Å². The van der Waals surface area contributed by atoms with Crippen LogP contribution in [0.15, 0.2) is 29.1 Å². The normalized spacial score (nSPS) is 20.1. The number of rotatable bonds is 4. The summed E-state index contributed by atoms with van der Waals surface area (Å²) in [5.74, 6) is -0.0870. The number of halogens is 3. The first-order valence-electron chi connectivity index (χ1n) is 11.8. The summed E-state index contributed by atoms with van der Waals surface area (Å²) >= 11 is 12.5. The number of aromatic amines is 1. The lowest BCUT2D eigenvalue weighted by molar-refractivity contribution is -0.131. The molecule has 7 nitrogen and oxygen atoms in total. The summed E-state index contributed by atoms with van der Waals surface area (Å²) in [6, 6.07) is 6.00. The van der Waals surface area contributed by atoms with E-state index in [1.54, 1.807) is 11.0 Å². The summed E-state index contributed by atoms with van der Waals surface area (Å²) in [6.45, 7) is 4.02. The highest BCUT2D eigenvalue weighted by molar-refractivity contribution is 6.35. The lowest BCUT2D eigenvalue weighted by Gasteiger charge is -2.36. The van der Waals surface area contributed by atoms with Crippen LogP contribution in [0.4, 0.5) is 10.1 Å². The molecule has 0 radical (unpaired) electrons. The van der Waals surface area contributed by atoms with Crippen LogP contribution in [-0.2, 0) is 11.2 Å². The first-order chi connectivity index (χ1) is 16.8. The van der Waals surface area contributed by atoms with Crippen molar-refractivity contribution in [1.82, 2.24) is 20.2 Å². The van der Waals surface area contributed by atoms with Crippen molar-refractivity contribution in [2.24, 2.45) is 0 Å². The SMILES string of the molecule is CC1c2c(Cl)cc(Cl)cc2CCN1C(=O)CNc1cc2nc([C@H]3CCCNC3)[nH]c(=O)c2cc1F. The average molecular weight is 518 g/mol. The molecule has 1 amide bonds. The zero-order valence-electron chi connectivity index (χ0n) is 19.3. The summed E-state index contributed by atoms with van der Waals surface area (Å²) in [5, 5.41) is 7.50. The van der Waals surface area contributed by atoms with E-state index >= 15 is 0 Å². The van der Waals surface area contributed by atoms with Crippen LogP contribution in [0.5, 0.6) is 0 Å². The van der Waals surface area contributed by atoms with Gasteiger partial charge in [0.15, 0.2) is 0 Å². The quantitative estimate of drug-likeness (QED) is 0.477. The van der Waals surface area contributed by atoms with Gasteiger partial charge < -0.3 is 20.5 Å². The highest BCUT2D eigenvalue weighted by Crippen LogP contribution is 2.37. The van der Waals surface area contributed by atoms with E-state index in [9.17, 15) is 14.0 Å². The zero-order chi connectivity index (χ0) is 24.7. The Bertz CT molecular complexity index is 1360. The molecule has 2 aromatic carbocycles. The highest BCUT2D eigenvalue weighted by Gasteiger charge is 2.29. The van der Waals surface area contributed by atoms with Crippen molar-refractivity contribution in [1.29, 1.82) is 0 Å². The predicted molar refractivity (Wildman–Crippen MR) is 136 cm³/mol. The van der Waals surface area contributed by atoms with Crippen molar-refractivity contribution in [3.63, 3.8) is 0 Å². The van der Waals surface area contributed by atoms with E-state index < -0.39 is 5.82 Å². The van der Waals surface area contributed by atoms with Crippen LogP contribution in [0.1, 0.15) is 48.7 Å². The molecule has 0 bridgehead atoms. The molecule has 184 valence electrons. The number of hydrogen-bond donors (Lipinski definition) is 3. The maximum Gasteiger partial charge on any atom is 0.258 e. The second kappa shape index (κ2) is 9.76. The molecule has 5 rings (SSSR count).